The molecule has 0 bridgehead atoms. The molecular weight excluding hydrogens is 387 g/mol. The average Bonchev–Trinajstić information content (AvgIpc) is 2.66. The topological polar surface area (TPSA) is 84.5 Å². The van der Waals surface area contributed by atoms with Crippen LogP contribution in [0.4, 0.5) is 10.1 Å². The van der Waals surface area contributed by atoms with Crippen molar-refractivity contribution in [3.63, 3.8) is 0 Å². The minimum atomic E-state index is -1.02. The van der Waals surface area contributed by atoms with Crippen LogP contribution in [0.1, 0.15) is 34.6 Å². The Balaban J connectivity index is 1.99. The molecule has 28 heavy (non-hydrogen) atoms. The number of nitrogens with one attached hydrogen (secondary N) is 2. The van der Waals surface area contributed by atoms with Crippen molar-refractivity contribution in [3.8, 4) is 0 Å². The van der Waals surface area contributed by atoms with Crippen LogP contribution in [0.3, 0.4) is 0 Å². The Morgan fingerprint density at radius 3 is 2.54 bits per heavy atom. The standard InChI is InChI=1S/C20H20ClFN2O4/c1-12(2)10-23-19(26)14-5-3-4-6-17(14)24-18(25)11-28-20(27)15-9-13(21)7-8-16(15)22/h3-9,12H,10-11H2,1-2H3,(H,23,26)(H,24,25). The second kappa shape index (κ2) is 9.85. The molecule has 2 aromatic carbocycles. The maximum atomic E-state index is 13.7. The Kier molecular flexibility index (Phi) is 7.52. The Hall–Kier alpha value is -2.93. The molecule has 0 aliphatic heterocycles. The quantitative estimate of drug-likeness (QED) is 0.687. The van der Waals surface area contributed by atoms with E-state index in [-0.39, 0.29) is 33.7 Å². The van der Waals surface area contributed by atoms with Crippen molar-refractivity contribution in [3.05, 3.63) is 64.4 Å². The molecule has 0 radical (unpaired) electrons. The van der Waals surface area contributed by atoms with Gasteiger partial charge in [0.25, 0.3) is 11.8 Å². The first-order valence-electron chi connectivity index (χ1n) is 8.57. The molecule has 2 rings (SSSR count). The molecule has 2 aromatic rings. The Morgan fingerprint density at radius 2 is 1.82 bits per heavy atom. The van der Waals surface area contributed by atoms with Crippen LogP contribution in [0.2, 0.25) is 5.02 Å². The summed E-state index contributed by atoms with van der Waals surface area (Å²) in [5.74, 6) is -2.54. The van der Waals surface area contributed by atoms with Gasteiger partial charge in [-0.3, -0.25) is 9.59 Å². The van der Waals surface area contributed by atoms with Crippen molar-refractivity contribution in [2.75, 3.05) is 18.5 Å². The number of ether oxygens (including phenoxy) is 1. The predicted molar refractivity (Wildman–Crippen MR) is 104 cm³/mol. The molecule has 0 spiro atoms. The van der Waals surface area contributed by atoms with Gasteiger partial charge in [-0.25, -0.2) is 9.18 Å². The zero-order valence-electron chi connectivity index (χ0n) is 15.4. The number of anilines is 1. The van der Waals surface area contributed by atoms with E-state index in [1.807, 2.05) is 13.8 Å². The first kappa shape index (κ1) is 21.4. The third-order valence-corrected chi connectivity index (χ3v) is 3.83. The fraction of sp³-hybridized carbons (Fsp3) is 0.250. The third-order valence-electron chi connectivity index (χ3n) is 3.60. The number of hydrogen-bond acceptors (Lipinski definition) is 4. The van der Waals surface area contributed by atoms with Gasteiger partial charge in [0.15, 0.2) is 6.61 Å². The Morgan fingerprint density at radius 1 is 1.11 bits per heavy atom. The number of benzene rings is 2. The summed E-state index contributed by atoms with van der Waals surface area (Å²) in [4.78, 5) is 36.3. The number of halogens is 2. The van der Waals surface area contributed by atoms with E-state index >= 15 is 0 Å². The molecule has 0 aliphatic rings. The van der Waals surface area contributed by atoms with Gasteiger partial charge in [-0.05, 0) is 36.2 Å². The molecule has 0 aromatic heterocycles. The summed E-state index contributed by atoms with van der Waals surface area (Å²) in [7, 11) is 0. The molecule has 8 heteroatoms. The average molecular weight is 407 g/mol. The summed E-state index contributed by atoms with van der Waals surface area (Å²) in [5, 5.41) is 5.45. The smallest absolute Gasteiger partial charge is 0.341 e. The van der Waals surface area contributed by atoms with Crippen LogP contribution in [0.5, 0.6) is 0 Å². The molecule has 0 fully saturated rings. The SMILES string of the molecule is CC(C)CNC(=O)c1ccccc1NC(=O)COC(=O)c1cc(Cl)ccc1F. The van der Waals surface area contributed by atoms with Gasteiger partial charge in [0.1, 0.15) is 5.82 Å². The molecule has 0 saturated carbocycles. The number of carbonyl (C=O) groups is 3. The fourth-order valence-corrected chi connectivity index (χ4v) is 2.40. The van der Waals surface area contributed by atoms with Crippen molar-refractivity contribution >= 4 is 35.1 Å². The summed E-state index contributed by atoms with van der Waals surface area (Å²) in [6.45, 7) is 3.77. The lowest BCUT2D eigenvalue weighted by Crippen LogP contribution is -2.29. The molecular formula is C20H20ClFN2O4. The van der Waals surface area contributed by atoms with Crippen LogP contribution in [0, 0.1) is 11.7 Å². The van der Waals surface area contributed by atoms with Crippen molar-refractivity contribution in [1.29, 1.82) is 0 Å². The van der Waals surface area contributed by atoms with Crippen LogP contribution in [-0.4, -0.2) is 30.9 Å². The Bertz CT molecular complexity index is 886. The van der Waals surface area contributed by atoms with Gasteiger partial charge in [-0.15, -0.1) is 0 Å². The summed E-state index contributed by atoms with van der Waals surface area (Å²) in [6.07, 6.45) is 0. The number of carbonyl (C=O) groups excluding carboxylic acids is 3. The lowest BCUT2D eigenvalue weighted by molar-refractivity contribution is -0.119. The summed E-state index contributed by atoms with van der Waals surface area (Å²) < 4.78 is 18.5. The van der Waals surface area contributed by atoms with Gasteiger partial charge in [0.2, 0.25) is 0 Å². The largest absolute Gasteiger partial charge is 0.452 e. The van der Waals surface area contributed by atoms with E-state index in [4.69, 9.17) is 16.3 Å². The van der Waals surface area contributed by atoms with E-state index < -0.39 is 24.3 Å². The van der Waals surface area contributed by atoms with E-state index in [1.54, 1.807) is 24.3 Å². The van der Waals surface area contributed by atoms with Gasteiger partial charge in [-0.1, -0.05) is 37.6 Å². The van der Waals surface area contributed by atoms with Crippen molar-refractivity contribution in [2.45, 2.75) is 13.8 Å². The highest BCUT2D eigenvalue weighted by Gasteiger charge is 2.17. The second-order valence-corrected chi connectivity index (χ2v) is 6.83. The lowest BCUT2D eigenvalue weighted by Gasteiger charge is -2.12. The molecule has 0 saturated heterocycles. The fourth-order valence-electron chi connectivity index (χ4n) is 2.23. The Labute approximate surface area is 167 Å². The minimum Gasteiger partial charge on any atom is -0.452 e. The number of amides is 2. The first-order chi connectivity index (χ1) is 13.3. The molecule has 2 N–H and O–H groups in total. The van der Waals surface area contributed by atoms with Gasteiger partial charge in [0.05, 0.1) is 16.8 Å². The first-order valence-corrected chi connectivity index (χ1v) is 8.95. The molecule has 0 unspecified atom stereocenters. The molecule has 0 heterocycles. The summed E-state index contributed by atoms with van der Waals surface area (Å²) >= 11 is 5.73. The van der Waals surface area contributed by atoms with E-state index in [0.717, 1.165) is 12.1 Å². The van der Waals surface area contributed by atoms with E-state index in [2.05, 4.69) is 10.6 Å². The molecule has 0 atom stereocenters. The van der Waals surface area contributed by atoms with Crippen molar-refractivity contribution in [1.82, 2.24) is 5.32 Å². The summed E-state index contributed by atoms with van der Waals surface area (Å²) in [6, 6.07) is 9.89. The molecule has 6 nitrogen and oxygen atoms in total. The van der Waals surface area contributed by atoms with E-state index in [0.29, 0.717) is 6.54 Å². The number of para-hydroxylation sites is 1. The van der Waals surface area contributed by atoms with Crippen molar-refractivity contribution < 1.29 is 23.5 Å². The van der Waals surface area contributed by atoms with Crippen LogP contribution >= 0.6 is 11.6 Å². The van der Waals surface area contributed by atoms with Crippen molar-refractivity contribution in [2.24, 2.45) is 5.92 Å². The van der Waals surface area contributed by atoms with Gasteiger partial charge in [0, 0.05) is 11.6 Å². The maximum absolute atomic E-state index is 13.7. The normalized spacial score (nSPS) is 10.5. The number of rotatable bonds is 7. The van der Waals surface area contributed by atoms with Crippen LogP contribution in [0.25, 0.3) is 0 Å². The van der Waals surface area contributed by atoms with Gasteiger partial charge in [-0.2, -0.15) is 0 Å². The molecule has 0 aliphatic carbocycles. The molecule has 148 valence electrons. The van der Waals surface area contributed by atoms with Crippen LogP contribution in [-0.2, 0) is 9.53 Å². The van der Waals surface area contributed by atoms with E-state index in [1.165, 1.54) is 6.07 Å². The highest BCUT2D eigenvalue weighted by Crippen LogP contribution is 2.17. The maximum Gasteiger partial charge on any atom is 0.341 e. The zero-order valence-corrected chi connectivity index (χ0v) is 16.2. The van der Waals surface area contributed by atoms with Crippen LogP contribution in [0.15, 0.2) is 42.5 Å². The lowest BCUT2D eigenvalue weighted by atomic mass is 10.1. The van der Waals surface area contributed by atoms with Gasteiger partial charge < -0.3 is 15.4 Å². The van der Waals surface area contributed by atoms with E-state index in [9.17, 15) is 18.8 Å². The number of hydrogen-bond donors (Lipinski definition) is 2. The third kappa shape index (κ3) is 6.06. The second-order valence-electron chi connectivity index (χ2n) is 6.40. The highest BCUT2D eigenvalue weighted by atomic mass is 35.5. The summed E-state index contributed by atoms with van der Waals surface area (Å²) in [5.41, 5.74) is 0.191. The monoisotopic (exact) mass is 406 g/mol. The zero-order chi connectivity index (χ0) is 20.7. The predicted octanol–water partition coefficient (Wildman–Crippen LogP) is 3.66. The minimum absolute atomic E-state index is 0.166. The van der Waals surface area contributed by atoms with Crippen LogP contribution < -0.4 is 10.6 Å². The molecule has 2 amide bonds. The number of esters is 1. The van der Waals surface area contributed by atoms with Gasteiger partial charge >= 0.3 is 5.97 Å². The highest BCUT2D eigenvalue weighted by molar-refractivity contribution is 6.30.